The van der Waals surface area contributed by atoms with E-state index in [0.717, 1.165) is 0 Å². The second-order valence-corrected chi connectivity index (χ2v) is 4.68. The van der Waals surface area contributed by atoms with E-state index in [0.29, 0.717) is 25.4 Å². The molecule has 0 aliphatic rings. The Bertz CT molecular complexity index is 290. The second-order valence-electron chi connectivity index (χ2n) is 4.68. The molecule has 0 rings (SSSR count). The first-order valence-electron chi connectivity index (χ1n) is 6.28. The second kappa shape index (κ2) is 8.55. The van der Waals surface area contributed by atoms with E-state index < -0.39 is 11.9 Å². The van der Waals surface area contributed by atoms with Gasteiger partial charge in [0.1, 0.15) is 0 Å². The van der Waals surface area contributed by atoms with Crippen LogP contribution in [0.4, 0.5) is 4.79 Å². The Labute approximate surface area is 109 Å². The highest BCUT2D eigenvalue weighted by atomic mass is 16.4. The topological polar surface area (TPSA) is 69.6 Å². The number of nitrogens with zero attached hydrogens (tertiary/aromatic N) is 1. The molecule has 0 aromatic heterocycles. The molecule has 2 N–H and O–H groups in total. The van der Waals surface area contributed by atoms with Crippen LogP contribution in [0.2, 0.25) is 0 Å². The number of aliphatic carboxylic acids is 1. The van der Waals surface area contributed by atoms with E-state index in [9.17, 15) is 9.59 Å². The van der Waals surface area contributed by atoms with Crippen LogP contribution >= 0.6 is 0 Å². The monoisotopic (exact) mass is 256 g/mol. The summed E-state index contributed by atoms with van der Waals surface area (Å²) in [4.78, 5) is 24.4. The summed E-state index contributed by atoms with van der Waals surface area (Å²) in [6, 6.07) is -0.243. The lowest BCUT2D eigenvalue weighted by molar-refractivity contribution is -0.142. The van der Waals surface area contributed by atoms with Crippen LogP contribution in [0, 0.1) is 11.8 Å². The highest BCUT2D eigenvalue weighted by Crippen LogP contribution is 2.11. The van der Waals surface area contributed by atoms with Gasteiger partial charge in [0.15, 0.2) is 0 Å². The van der Waals surface area contributed by atoms with Gasteiger partial charge in [-0.25, -0.2) is 4.79 Å². The summed E-state index contributed by atoms with van der Waals surface area (Å²) in [5, 5.41) is 11.7. The fraction of sp³-hybridized carbons (Fsp3) is 0.692. The summed E-state index contributed by atoms with van der Waals surface area (Å²) >= 11 is 0. The number of amides is 2. The number of nitrogens with one attached hydrogen (secondary N) is 1. The van der Waals surface area contributed by atoms with Crippen molar-refractivity contribution < 1.29 is 14.7 Å². The maximum absolute atomic E-state index is 11.8. The molecule has 5 nitrogen and oxygen atoms in total. The molecule has 18 heavy (non-hydrogen) atoms. The summed E-state index contributed by atoms with van der Waals surface area (Å²) in [7, 11) is 0. The number of hydrogen-bond donors (Lipinski definition) is 2. The largest absolute Gasteiger partial charge is 0.481 e. The predicted octanol–water partition coefficient (Wildman–Crippen LogP) is 1.95. The minimum Gasteiger partial charge on any atom is -0.481 e. The third-order valence-corrected chi connectivity index (χ3v) is 2.62. The molecule has 0 heterocycles. The van der Waals surface area contributed by atoms with Crippen molar-refractivity contribution in [3.63, 3.8) is 0 Å². The SMILES string of the molecule is C=CCN(CC)C(=O)NCC(CC(C)C)C(=O)O. The van der Waals surface area contributed by atoms with E-state index in [1.807, 2.05) is 20.8 Å². The zero-order chi connectivity index (χ0) is 14.1. The number of carbonyl (C=O) groups is 2. The Morgan fingerprint density at radius 2 is 2.06 bits per heavy atom. The minimum absolute atomic E-state index is 0.167. The molecule has 0 saturated carbocycles. The minimum atomic E-state index is -0.865. The van der Waals surface area contributed by atoms with Crippen molar-refractivity contribution in [1.82, 2.24) is 10.2 Å². The molecule has 0 aromatic rings. The molecule has 1 unspecified atom stereocenters. The van der Waals surface area contributed by atoms with E-state index >= 15 is 0 Å². The fourth-order valence-electron chi connectivity index (χ4n) is 1.67. The van der Waals surface area contributed by atoms with Crippen LogP contribution in [0.1, 0.15) is 27.2 Å². The van der Waals surface area contributed by atoms with E-state index in [1.54, 1.807) is 11.0 Å². The van der Waals surface area contributed by atoms with Crippen molar-refractivity contribution in [1.29, 1.82) is 0 Å². The van der Waals surface area contributed by atoms with Gasteiger partial charge in [0, 0.05) is 19.6 Å². The lowest BCUT2D eigenvalue weighted by atomic mass is 9.97. The van der Waals surface area contributed by atoms with Crippen LogP contribution in [0.3, 0.4) is 0 Å². The number of likely N-dealkylation sites (N-methyl/N-ethyl adjacent to an activating group) is 1. The average Bonchev–Trinajstić information content (AvgIpc) is 2.30. The van der Waals surface area contributed by atoms with Crippen LogP contribution in [-0.2, 0) is 4.79 Å². The molecule has 1 atom stereocenters. The average molecular weight is 256 g/mol. The summed E-state index contributed by atoms with van der Waals surface area (Å²) in [5.74, 6) is -1.11. The van der Waals surface area contributed by atoms with Crippen molar-refractivity contribution in [2.45, 2.75) is 27.2 Å². The normalized spacial score (nSPS) is 12.0. The molecule has 0 spiro atoms. The summed E-state index contributed by atoms with van der Waals surface area (Å²) in [5.41, 5.74) is 0. The third kappa shape index (κ3) is 6.27. The number of carboxylic acids is 1. The molecular weight excluding hydrogens is 232 g/mol. The van der Waals surface area contributed by atoms with E-state index in [1.165, 1.54) is 0 Å². The molecule has 0 aliphatic heterocycles. The summed E-state index contributed by atoms with van der Waals surface area (Å²) in [6.07, 6.45) is 2.20. The highest BCUT2D eigenvalue weighted by molar-refractivity contribution is 5.76. The maximum Gasteiger partial charge on any atom is 0.317 e. The summed E-state index contributed by atoms with van der Waals surface area (Å²) < 4.78 is 0. The van der Waals surface area contributed by atoms with E-state index in [4.69, 9.17) is 5.11 Å². The molecule has 0 aromatic carbocycles. The molecule has 0 saturated heterocycles. The smallest absolute Gasteiger partial charge is 0.317 e. The molecule has 0 aliphatic carbocycles. The van der Waals surface area contributed by atoms with Gasteiger partial charge in [0.05, 0.1) is 5.92 Å². The van der Waals surface area contributed by atoms with Crippen LogP contribution in [-0.4, -0.2) is 41.6 Å². The molecule has 5 heteroatoms. The van der Waals surface area contributed by atoms with Crippen LogP contribution < -0.4 is 5.32 Å². The van der Waals surface area contributed by atoms with Gasteiger partial charge >= 0.3 is 12.0 Å². The Kier molecular flexibility index (Phi) is 7.83. The lowest BCUT2D eigenvalue weighted by Crippen LogP contribution is -2.43. The number of rotatable bonds is 8. The van der Waals surface area contributed by atoms with Crippen molar-refractivity contribution in [3.05, 3.63) is 12.7 Å². The maximum atomic E-state index is 11.8. The Balaban J connectivity index is 4.29. The van der Waals surface area contributed by atoms with Crippen LogP contribution in [0.25, 0.3) is 0 Å². The van der Waals surface area contributed by atoms with Crippen LogP contribution in [0.5, 0.6) is 0 Å². The molecule has 0 bridgehead atoms. The first kappa shape index (κ1) is 16.5. The Morgan fingerprint density at radius 1 is 1.44 bits per heavy atom. The van der Waals surface area contributed by atoms with Gasteiger partial charge in [-0.05, 0) is 19.3 Å². The first-order chi connectivity index (χ1) is 8.42. The van der Waals surface area contributed by atoms with Crippen molar-refractivity contribution in [3.8, 4) is 0 Å². The van der Waals surface area contributed by atoms with Crippen molar-refractivity contribution >= 4 is 12.0 Å². The van der Waals surface area contributed by atoms with E-state index in [-0.39, 0.29) is 12.6 Å². The Morgan fingerprint density at radius 3 is 2.44 bits per heavy atom. The highest BCUT2D eigenvalue weighted by Gasteiger charge is 2.20. The molecule has 104 valence electrons. The molecule has 0 radical (unpaired) electrons. The fourth-order valence-corrected chi connectivity index (χ4v) is 1.67. The lowest BCUT2D eigenvalue weighted by Gasteiger charge is -2.21. The van der Waals surface area contributed by atoms with Gasteiger partial charge in [-0.3, -0.25) is 4.79 Å². The van der Waals surface area contributed by atoms with Gasteiger partial charge in [0.25, 0.3) is 0 Å². The number of carboxylic acid groups (broad SMARTS) is 1. The number of carbonyl (C=O) groups excluding carboxylic acids is 1. The van der Waals surface area contributed by atoms with Gasteiger partial charge in [-0.1, -0.05) is 19.9 Å². The van der Waals surface area contributed by atoms with E-state index in [2.05, 4.69) is 11.9 Å². The third-order valence-electron chi connectivity index (χ3n) is 2.62. The number of urea groups is 1. The Hall–Kier alpha value is -1.52. The van der Waals surface area contributed by atoms with Gasteiger partial charge in [-0.2, -0.15) is 0 Å². The van der Waals surface area contributed by atoms with Gasteiger partial charge in [0.2, 0.25) is 0 Å². The number of hydrogen-bond acceptors (Lipinski definition) is 2. The van der Waals surface area contributed by atoms with Crippen molar-refractivity contribution in [2.24, 2.45) is 11.8 Å². The molecule has 0 fully saturated rings. The van der Waals surface area contributed by atoms with Crippen molar-refractivity contribution in [2.75, 3.05) is 19.6 Å². The van der Waals surface area contributed by atoms with Gasteiger partial charge in [-0.15, -0.1) is 6.58 Å². The molecular formula is C13H24N2O3. The quantitative estimate of drug-likeness (QED) is 0.652. The zero-order valence-corrected chi connectivity index (χ0v) is 11.5. The van der Waals surface area contributed by atoms with Crippen LogP contribution in [0.15, 0.2) is 12.7 Å². The summed E-state index contributed by atoms with van der Waals surface area (Å²) in [6.45, 7) is 10.6. The predicted molar refractivity (Wildman–Crippen MR) is 71.4 cm³/mol. The first-order valence-corrected chi connectivity index (χ1v) is 6.28. The molecule has 2 amide bonds. The zero-order valence-electron chi connectivity index (χ0n) is 11.5. The van der Waals surface area contributed by atoms with Gasteiger partial charge < -0.3 is 15.3 Å². The standard InChI is InChI=1S/C13H24N2O3/c1-5-7-15(6-2)13(18)14-9-11(12(16)17)8-10(3)4/h5,10-11H,1,6-9H2,2-4H3,(H,14,18)(H,16,17).